The lowest BCUT2D eigenvalue weighted by atomic mass is 9.95. The third kappa shape index (κ3) is 3.22. The molecule has 4 aromatic rings. The van der Waals surface area contributed by atoms with Crippen LogP contribution in [0.3, 0.4) is 0 Å². The maximum Gasteiger partial charge on any atom is 0.412 e. The van der Waals surface area contributed by atoms with Gasteiger partial charge < -0.3 is 9.47 Å². The first kappa shape index (κ1) is 18.4. The fourth-order valence-electron chi connectivity index (χ4n) is 3.85. The van der Waals surface area contributed by atoms with Gasteiger partial charge >= 0.3 is 6.09 Å². The van der Waals surface area contributed by atoms with Crippen molar-refractivity contribution in [2.45, 2.75) is 33.0 Å². The van der Waals surface area contributed by atoms with Gasteiger partial charge in [0.1, 0.15) is 18.0 Å². The lowest BCUT2D eigenvalue weighted by Crippen LogP contribution is -2.27. The van der Waals surface area contributed by atoms with Crippen LogP contribution in [-0.4, -0.2) is 16.7 Å². The van der Waals surface area contributed by atoms with Crippen molar-refractivity contribution in [2.75, 3.05) is 5.32 Å². The second-order valence-electron chi connectivity index (χ2n) is 8.45. The van der Waals surface area contributed by atoms with Gasteiger partial charge in [0.15, 0.2) is 0 Å². The number of benzene rings is 3. The van der Waals surface area contributed by atoms with Crippen molar-refractivity contribution in [1.82, 2.24) is 4.98 Å². The zero-order valence-corrected chi connectivity index (χ0v) is 17.2. The molecule has 0 unspecified atom stereocenters. The topological polar surface area (TPSA) is 60.5 Å². The summed E-state index contributed by atoms with van der Waals surface area (Å²) in [5.74, 6) is 0.825. The minimum absolute atomic E-state index is 0.466. The Morgan fingerprint density at radius 3 is 2.67 bits per heavy atom. The number of carbonyl (C=O) groups excluding carboxylic acids is 1. The van der Waals surface area contributed by atoms with E-state index in [4.69, 9.17) is 14.5 Å². The summed E-state index contributed by atoms with van der Waals surface area (Å²) in [4.78, 5) is 17.4. The number of rotatable bonds is 1. The zero-order valence-electron chi connectivity index (χ0n) is 17.2. The van der Waals surface area contributed by atoms with Gasteiger partial charge in [0.25, 0.3) is 0 Å². The number of fused-ring (bicyclic) bond motifs is 6. The number of aromatic nitrogens is 1. The third-order valence-electron chi connectivity index (χ3n) is 5.07. The normalized spacial score (nSPS) is 12.8. The molecule has 1 aliphatic rings. The molecule has 0 atom stereocenters. The van der Waals surface area contributed by atoms with E-state index in [1.165, 1.54) is 0 Å². The summed E-state index contributed by atoms with van der Waals surface area (Å²) in [5, 5.41) is 6.03. The predicted molar refractivity (Wildman–Crippen MR) is 119 cm³/mol. The molecule has 5 nitrogen and oxygen atoms in total. The number of ether oxygens (including phenoxy) is 2. The van der Waals surface area contributed by atoms with Crippen molar-refractivity contribution < 1.29 is 14.3 Å². The Morgan fingerprint density at radius 2 is 1.83 bits per heavy atom. The van der Waals surface area contributed by atoms with Gasteiger partial charge in [-0.15, -0.1) is 0 Å². The molecule has 1 aliphatic heterocycles. The standard InChI is InChI=1S/C25H22N2O3/c1-25(2,3)30-24(28)26-19-10-6-8-16-13-17-14-29-20-12-11-15-7-4-5-9-18(15)21(20)23(17)27-22(16)19/h4-13H,14H2,1-3H3,(H,26,28). The molecule has 3 aromatic carbocycles. The van der Waals surface area contributed by atoms with Crippen LogP contribution in [0.5, 0.6) is 5.75 Å². The van der Waals surface area contributed by atoms with Crippen molar-refractivity contribution in [1.29, 1.82) is 0 Å². The molecule has 1 amide bonds. The van der Waals surface area contributed by atoms with E-state index in [2.05, 4.69) is 29.6 Å². The molecular formula is C25H22N2O3. The van der Waals surface area contributed by atoms with Crippen molar-refractivity contribution >= 4 is 33.5 Å². The molecule has 5 heteroatoms. The van der Waals surface area contributed by atoms with Crippen LogP contribution in [0.4, 0.5) is 10.5 Å². The Morgan fingerprint density at radius 1 is 1.03 bits per heavy atom. The molecule has 0 bridgehead atoms. The van der Waals surface area contributed by atoms with Gasteiger partial charge in [-0.1, -0.05) is 42.5 Å². The Labute approximate surface area is 174 Å². The number of nitrogens with one attached hydrogen (secondary N) is 1. The van der Waals surface area contributed by atoms with E-state index in [0.29, 0.717) is 12.3 Å². The highest BCUT2D eigenvalue weighted by Crippen LogP contribution is 2.42. The number of hydrogen-bond donors (Lipinski definition) is 1. The Balaban J connectivity index is 1.67. The second kappa shape index (κ2) is 6.73. The van der Waals surface area contributed by atoms with Crippen LogP contribution in [0, 0.1) is 0 Å². The average molecular weight is 398 g/mol. The molecule has 30 heavy (non-hydrogen) atoms. The molecule has 0 fully saturated rings. The molecule has 1 N–H and O–H groups in total. The van der Waals surface area contributed by atoms with Crippen LogP contribution in [0.1, 0.15) is 26.3 Å². The largest absolute Gasteiger partial charge is 0.488 e. The fraction of sp³-hybridized carbons (Fsp3) is 0.200. The number of para-hydroxylation sites is 1. The first-order valence-electron chi connectivity index (χ1n) is 9.97. The lowest BCUT2D eigenvalue weighted by Gasteiger charge is -2.23. The highest BCUT2D eigenvalue weighted by molar-refractivity contribution is 6.03. The van der Waals surface area contributed by atoms with E-state index in [1.807, 2.05) is 57.2 Å². The first-order valence-corrected chi connectivity index (χ1v) is 9.97. The van der Waals surface area contributed by atoms with Crippen LogP contribution in [0.2, 0.25) is 0 Å². The maximum absolute atomic E-state index is 12.4. The molecule has 0 saturated carbocycles. The van der Waals surface area contributed by atoms with Gasteiger partial charge in [-0.3, -0.25) is 5.32 Å². The van der Waals surface area contributed by atoms with Gasteiger partial charge in [-0.2, -0.15) is 0 Å². The Kier molecular flexibility index (Phi) is 4.13. The van der Waals surface area contributed by atoms with Crippen LogP contribution in [0.15, 0.2) is 60.7 Å². The molecule has 1 aromatic heterocycles. The summed E-state index contributed by atoms with van der Waals surface area (Å²) in [6.45, 7) is 5.98. The SMILES string of the molecule is CC(C)(C)OC(=O)Nc1cccc2cc3c(nc12)-c1c(ccc2ccccc12)OC3. The smallest absolute Gasteiger partial charge is 0.412 e. The summed E-state index contributed by atoms with van der Waals surface area (Å²) in [5.41, 5.74) is 3.68. The van der Waals surface area contributed by atoms with Crippen molar-refractivity contribution in [3.05, 3.63) is 66.2 Å². The summed E-state index contributed by atoms with van der Waals surface area (Å²) in [6.07, 6.45) is -0.497. The van der Waals surface area contributed by atoms with Crippen molar-refractivity contribution in [2.24, 2.45) is 0 Å². The van der Waals surface area contributed by atoms with E-state index < -0.39 is 11.7 Å². The number of pyridine rings is 1. The highest BCUT2D eigenvalue weighted by Gasteiger charge is 2.23. The van der Waals surface area contributed by atoms with E-state index >= 15 is 0 Å². The number of hydrogen-bond acceptors (Lipinski definition) is 4. The third-order valence-corrected chi connectivity index (χ3v) is 5.07. The summed E-state index contributed by atoms with van der Waals surface area (Å²) in [7, 11) is 0. The maximum atomic E-state index is 12.4. The molecule has 0 spiro atoms. The summed E-state index contributed by atoms with van der Waals surface area (Å²) >= 11 is 0. The summed E-state index contributed by atoms with van der Waals surface area (Å²) in [6, 6.07) is 20.1. The number of carbonyl (C=O) groups is 1. The minimum atomic E-state index is -0.573. The van der Waals surface area contributed by atoms with Gasteiger partial charge in [0.2, 0.25) is 0 Å². The monoisotopic (exact) mass is 398 g/mol. The lowest BCUT2D eigenvalue weighted by molar-refractivity contribution is 0.0636. The van der Waals surface area contributed by atoms with Gasteiger partial charge in [0.05, 0.1) is 22.5 Å². The van der Waals surface area contributed by atoms with Crippen LogP contribution < -0.4 is 10.1 Å². The first-order chi connectivity index (χ1) is 14.4. The molecule has 0 saturated heterocycles. The fourth-order valence-corrected chi connectivity index (χ4v) is 3.85. The minimum Gasteiger partial charge on any atom is -0.488 e. The average Bonchev–Trinajstić information content (AvgIpc) is 2.71. The molecular weight excluding hydrogens is 376 g/mol. The Hall–Kier alpha value is -3.60. The molecule has 2 heterocycles. The van der Waals surface area contributed by atoms with Gasteiger partial charge in [-0.05, 0) is 49.7 Å². The van der Waals surface area contributed by atoms with E-state index in [-0.39, 0.29) is 0 Å². The van der Waals surface area contributed by atoms with Crippen molar-refractivity contribution in [3.63, 3.8) is 0 Å². The van der Waals surface area contributed by atoms with Crippen LogP contribution >= 0.6 is 0 Å². The van der Waals surface area contributed by atoms with E-state index in [0.717, 1.165) is 44.2 Å². The molecule has 5 rings (SSSR count). The molecule has 0 aliphatic carbocycles. The quantitative estimate of drug-likeness (QED) is 0.409. The van der Waals surface area contributed by atoms with Crippen molar-refractivity contribution in [3.8, 4) is 17.0 Å². The second-order valence-corrected chi connectivity index (χ2v) is 8.45. The number of nitrogens with zero attached hydrogens (tertiary/aromatic N) is 1. The van der Waals surface area contributed by atoms with Crippen LogP contribution in [0.25, 0.3) is 32.9 Å². The molecule has 0 radical (unpaired) electrons. The molecule has 150 valence electrons. The van der Waals surface area contributed by atoms with E-state index in [1.54, 1.807) is 0 Å². The Bertz CT molecular complexity index is 1310. The highest BCUT2D eigenvalue weighted by atomic mass is 16.6. The number of anilines is 1. The predicted octanol–water partition coefficient (Wildman–Crippen LogP) is 6.29. The zero-order chi connectivity index (χ0) is 20.9. The summed E-state index contributed by atoms with van der Waals surface area (Å²) < 4.78 is 11.4. The van der Waals surface area contributed by atoms with Gasteiger partial charge in [0, 0.05) is 10.9 Å². The number of amides is 1. The van der Waals surface area contributed by atoms with Crippen LogP contribution in [-0.2, 0) is 11.3 Å². The van der Waals surface area contributed by atoms with E-state index in [9.17, 15) is 4.79 Å². The van der Waals surface area contributed by atoms with Gasteiger partial charge in [-0.25, -0.2) is 9.78 Å².